The van der Waals surface area contributed by atoms with Gasteiger partial charge >= 0.3 is 0 Å². The van der Waals surface area contributed by atoms with Gasteiger partial charge in [0.15, 0.2) is 0 Å². The van der Waals surface area contributed by atoms with Crippen molar-refractivity contribution in [3.05, 3.63) is 30.1 Å². The molecule has 0 fully saturated rings. The molecule has 0 bridgehead atoms. The van der Waals surface area contributed by atoms with E-state index in [9.17, 15) is 4.79 Å². The van der Waals surface area contributed by atoms with E-state index in [1.807, 2.05) is 6.07 Å². The van der Waals surface area contributed by atoms with E-state index >= 15 is 0 Å². The van der Waals surface area contributed by atoms with Crippen molar-refractivity contribution < 1.29 is 15.0 Å². The molecule has 5 heteroatoms. The molecule has 0 aliphatic rings. The minimum absolute atomic E-state index is 0.103. The molecule has 5 nitrogen and oxygen atoms in total. The lowest BCUT2D eigenvalue weighted by Gasteiger charge is -2.20. The monoisotopic (exact) mass is 224 g/mol. The number of carbonyl (C=O) groups is 1. The van der Waals surface area contributed by atoms with Crippen LogP contribution in [0.1, 0.15) is 5.69 Å². The third kappa shape index (κ3) is 3.96. The van der Waals surface area contributed by atoms with Crippen molar-refractivity contribution in [3.8, 4) is 0 Å². The van der Waals surface area contributed by atoms with Crippen molar-refractivity contribution in [2.45, 2.75) is 6.42 Å². The Bertz CT molecular complexity index is 310. The van der Waals surface area contributed by atoms with E-state index < -0.39 is 0 Å². The Balaban J connectivity index is 2.55. The number of carbonyl (C=O) groups excluding carboxylic acids is 1. The van der Waals surface area contributed by atoms with E-state index in [4.69, 9.17) is 10.2 Å². The van der Waals surface area contributed by atoms with Crippen LogP contribution in [0.5, 0.6) is 0 Å². The minimum atomic E-state index is -0.137. The van der Waals surface area contributed by atoms with Gasteiger partial charge in [0.2, 0.25) is 5.91 Å². The van der Waals surface area contributed by atoms with E-state index in [2.05, 4.69) is 4.98 Å². The molecule has 1 aromatic rings. The molecular weight excluding hydrogens is 208 g/mol. The summed E-state index contributed by atoms with van der Waals surface area (Å²) in [5.41, 5.74) is 0.688. The number of aliphatic hydroxyl groups is 2. The standard InChI is InChI=1S/C11H16N2O3/c14-7-5-13(6-8-15)11(16)9-10-3-1-2-4-12-10/h1-4,14-15H,5-9H2. The van der Waals surface area contributed by atoms with Crippen LogP contribution in [-0.4, -0.2) is 52.3 Å². The number of aliphatic hydroxyl groups excluding tert-OH is 2. The maximum atomic E-state index is 11.8. The number of amides is 1. The second-order valence-electron chi connectivity index (χ2n) is 3.33. The number of aromatic nitrogens is 1. The van der Waals surface area contributed by atoms with E-state index in [0.29, 0.717) is 5.69 Å². The zero-order valence-electron chi connectivity index (χ0n) is 9.04. The van der Waals surface area contributed by atoms with Crippen LogP contribution in [0, 0.1) is 0 Å². The molecule has 88 valence electrons. The summed E-state index contributed by atoms with van der Waals surface area (Å²) in [7, 11) is 0. The predicted molar refractivity (Wildman–Crippen MR) is 58.7 cm³/mol. The average molecular weight is 224 g/mol. The Morgan fingerprint density at radius 1 is 1.25 bits per heavy atom. The molecule has 2 N–H and O–H groups in total. The van der Waals surface area contributed by atoms with Crippen LogP contribution >= 0.6 is 0 Å². The summed E-state index contributed by atoms with van der Waals surface area (Å²) in [6.07, 6.45) is 1.83. The molecule has 1 rings (SSSR count). The first kappa shape index (κ1) is 12.6. The Hall–Kier alpha value is -1.46. The molecule has 0 radical (unpaired) electrons. The molecule has 0 aliphatic carbocycles. The van der Waals surface area contributed by atoms with Crippen LogP contribution in [0.15, 0.2) is 24.4 Å². The van der Waals surface area contributed by atoms with E-state index in [1.54, 1.807) is 18.3 Å². The lowest BCUT2D eigenvalue weighted by molar-refractivity contribution is -0.131. The van der Waals surface area contributed by atoms with Crippen LogP contribution < -0.4 is 0 Å². The van der Waals surface area contributed by atoms with Crippen molar-refractivity contribution in [2.75, 3.05) is 26.3 Å². The molecule has 0 atom stereocenters. The summed E-state index contributed by atoms with van der Waals surface area (Å²) < 4.78 is 0. The van der Waals surface area contributed by atoms with Crippen LogP contribution in [0.3, 0.4) is 0 Å². The zero-order valence-corrected chi connectivity index (χ0v) is 9.04. The fraction of sp³-hybridized carbons (Fsp3) is 0.455. The molecule has 0 spiro atoms. The van der Waals surface area contributed by atoms with Gasteiger partial charge < -0.3 is 15.1 Å². The van der Waals surface area contributed by atoms with Gasteiger partial charge in [-0.3, -0.25) is 9.78 Å². The first-order valence-corrected chi connectivity index (χ1v) is 5.17. The quantitative estimate of drug-likeness (QED) is 0.679. The summed E-state index contributed by atoms with van der Waals surface area (Å²) in [6, 6.07) is 5.37. The van der Waals surface area contributed by atoms with Crippen LogP contribution in [0.4, 0.5) is 0 Å². The van der Waals surface area contributed by atoms with Gasteiger partial charge in [-0.2, -0.15) is 0 Å². The normalized spacial score (nSPS) is 10.1. The molecule has 1 heterocycles. The fourth-order valence-corrected chi connectivity index (χ4v) is 1.37. The van der Waals surface area contributed by atoms with Crippen LogP contribution in [0.25, 0.3) is 0 Å². The first-order chi connectivity index (χ1) is 7.77. The van der Waals surface area contributed by atoms with Crippen molar-refractivity contribution in [1.82, 2.24) is 9.88 Å². The van der Waals surface area contributed by atoms with Gasteiger partial charge in [-0.05, 0) is 12.1 Å². The van der Waals surface area contributed by atoms with E-state index in [1.165, 1.54) is 4.90 Å². The number of rotatable bonds is 6. The van der Waals surface area contributed by atoms with Gasteiger partial charge in [0.05, 0.1) is 19.6 Å². The third-order valence-corrected chi connectivity index (χ3v) is 2.15. The maximum absolute atomic E-state index is 11.8. The summed E-state index contributed by atoms with van der Waals surface area (Å²) in [4.78, 5) is 17.2. The molecule has 0 unspecified atom stereocenters. The fourth-order valence-electron chi connectivity index (χ4n) is 1.37. The molecule has 1 amide bonds. The first-order valence-electron chi connectivity index (χ1n) is 5.17. The second-order valence-corrected chi connectivity index (χ2v) is 3.33. The molecule has 0 saturated carbocycles. The zero-order chi connectivity index (χ0) is 11.8. The summed E-state index contributed by atoms with van der Waals surface area (Å²) in [5.74, 6) is -0.137. The summed E-state index contributed by atoms with van der Waals surface area (Å²) in [6.45, 7) is 0.278. The predicted octanol–water partition coefficient (Wildman–Crippen LogP) is -0.563. The highest BCUT2D eigenvalue weighted by Gasteiger charge is 2.13. The number of hydrogen-bond acceptors (Lipinski definition) is 4. The van der Waals surface area contributed by atoms with Gasteiger partial charge in [0.1, 0.15) is 0 Å². The Kier molecular flexibility index (Phi) is 5.45. The summed E-state index contributed by atoms with van der Waals surface area (Å²) in [5, 5.41) is 17.6. The van der Waals surface area contributed by atoms with Crippen molar-refractivity contribution in [3.63, 3.8) is 0 Å². The lowest BCUT2D eigenvalue weighted by atomic mass is 10.2. The van der Waals surface area contributed by atoms with Crippen molar-refractivity contribution >= 4 is 5.91 Å². The Morgan fingerprint density at radius 2 is 1.94 bits per heavy atom. The van der Waals surface area contributed by atoms with Crippen LogP contribution in [0.2, 0.25) is 0 Å². The molecule has 1 aromatic heterocycles. The SMILES string of the molecule is O=C(Cc1ccccn1)N(CCO)CCO. The van der Waals surface area contributed by atoms with Crippen LogP contribution in [-0.2, 0) is 11.2 Å². The largest absolute Gasteiger partial charge is 0.395 e. The second kappa shape index (κ2) is 6.92. The Labute approximate surface area is 94.4 Å². The minimum Gasteiger partial charge on any atom is -0.395 e. The molecular formula is C11H16N2O3. The smallest absolute Gasteiger partial charge is 0.228 e. The number of nitrogens with zero attached hydrogens (tertiary/aromatic N) is 2. The number of pyridine rings is 1. The Morgan fingerprint density at radius 3 is 2.44 bits per heavy atom. The number of hydrogen-bond donors (Lipinski definition) is 2. The molecule has 16 heavy (non-hydrogen) atoms. The lowest BCUT2D eigenvalue weighted by Crippen LogP contribution is -2.37. The van der Waals surface area contributed by atoms with Gasteiger partial charge in [0.25, 0.3) is 0 Å². The van der Waals surface area contributed by atoms with Gasteiger partial charge in [-0.25, -0.2) is 0 Å². The van der Waals surface area contributed by atoms with Crippen molar-refractivity contribution in [2.24, 2.45) is 0 Å². The van der Waals surface area contributed by atoms with Gasteiger partial charge in [0, 0.05) is 25.0 Å². The maximum Gasteiger partial charge on any atom is 0.228 e. The van der Waals surface area contributed by atoms with E-state index in [0.717, 1.165) is 0 Å². The molecule has 0 aromatic carbocycles. The van der Waals surface area contributed by atoms with E-state index in [-0.39, 0.29) is 38.6 Å². The van der Waals surface area contributed by atoms with Gasteiger partial charge in [-0.1, -0.05) is 6.07 Å². The molecule has 0 saturated heterocycles. The highest BCUT2D eigenvalue weighted by atomic mass is 16.3. The molecule has 0 aliphatic heterocycles. The third-order valence-electron chi connectivity index (χ3n) is 2.15. The van der Waals surface area contributed by atoms with Gasteiger partial charge in [-0.15, -0.1) is 0 Å². The van der Waals surface area contributed by atoms with Crippen molar-refractivity contribution in [1.29, 1.82) is 0 Å². The highest BCUT2D eigenvalue weighted by molar-refractivity contribution is 5.78. The summed E-state index contributed by atoms with van der Waals surface area (Å²) >= 11 is 0. The average Bonchev–Trinajstić information content (AvgIpc) is 2.30. The highest BCUT2D eigenvalue weighted by Crippen LogP contribution is 1.99. The topological polar surface area (TPSA) is 73.7 Å².